The minimum atomic E-state index is -0.387. The summed E-state index contributed by atoms with van der Waals surface area (Å²) in [5.74, 6) is 1.63. The Morgan fingerprint density at radius 3 is 3.13 bits per heavy atom. The molecule has 1 amide bonds. The number of carbonyl (C=O) groups excluding carboxylic acids is 1. The van der Waals surface area contributed by atoms with Crippen LogP contribution in [0.3, 0.4) is 0 Å². The van der Waals surface area contributed by atoms with Crippen LogP contribution in [-0.2, 0) is 4.79 Å². The predicted molar refractivity (Wildman–Crippen MR) is 86.5 cm³/mol. The van der Waals surface area contributed by atoms with Gasteiger partial charge in [-0.1, -0.05) is 30.4 Å². The van der Waals surface area contributed by atoms with Crippen LogP contribution >= 0.6 is 0 Å². The Kier molecular flexibility index (Phi) is 3.26. The van der Waals surface area contributed by atoms with E-state index in [4.69, 9.17) is 4.74 Å². The number of fused-ring (bicyclic) bond motifs is 3. The molecule has 2 unspecified atom stereocenters. The Balaban J connectivity index is 1.65. The van der Waals surface area contributed by atoms with Gasteiger partial charge in [0.05, 0.1) is 6.61 Å². The molecular formula is C18H18N3O2+. The minimum Gasteiger partial charge on any atom is -0.494 e. The summed E-state index contributed by atoms with van der Waals surface area (Å²) in [7, 11) is 0. The summed E-state index contributed by atoms with van der Waals surface area (Å²) in [6, 6.07) is 7.24. The molecule has 5 nitrogen and oxygen atoms in total. The maximum Gasteiger partial charge on any atom is 0.256 e. The third-order valence-electron chi connectivity index (χ3n) is 4.19. The predicted octanol–water partition coefficient (Wildman–Crippen LogP) is 0.387. The maximum absolute atomic E-state index is 12.9. The molecule has 1 saturated heterocycles. The summed E-state index contributed by atoms with van der Waals surface area (Å²) in [5, 5.41) is 3.31. The van der Waals surface area contributed by atoms with E-state index in [0.717, 1.165) is 22.8 Å². The highest BCUT2D eigenvalue weighted by Crippen LogP contribution is 2.31. The number of hydrogen-bond donors (Lipinski definition) is 2. The van der Waals surface area contributed by atoms with Crippen molar-refractivity contribution in [2.24, 2.45) is 0 Å². The highest BCUT2D eigenvalue weighted by molar-refractivity contribution is 6.02. The van der Waals surface area contributed by atoms with Crippen molar-refractivity contribution in [3.63, 3.8) is 0 Å². The molecule has 1 aromatic carbocycles. The van der Waals surface area contributed by atoms with Gasteiger partial charge in [-0.15, -0.1) is 0 Å². The number of nitrogens with zero attached hydrogens (tertiary/aromatic N) is 1. The van der Waals surface area contributed by atoms with Crippen LogP contribution in [0, 0.1) is 0 Å². The molecule has 2 atom stereocenters. The normalized spacial score (nSPS) is 24.6. The van der Waals surface area contributed by atoms with E-state index in [1.807, 2.05) is 66.6 Å². The number of allylic oxidation sites excluding steroid dienone is 2. The molecule has 0 bridgehead atoms. The van der Waals surface area contributed by atoms with Gasteiger partial charge >= 0.3 is 0 Å². The number of hydrogen-bond acceptors (Lipinski definition) is 3. The van der Waals surface area contributed by atoms with E-state index in [1.54, 1.807) is 0 Å². The van der Waals surface area contributed by atoms with Crippen LogP contribution < -0.4 is 15.0 Å². The van der Waals surface area contributed by atoms with Gasteiger partial charge in [-0.2, -0.15) is 0 Å². The lowest BCUT2D eigenvalue weighted by molar-refractivity contribution is -0.380. The topological polar surface area (TPSA) is 55.5 Å². The zero-order valence-electron chi connectivity index (χ0n) is 12.8. The number of nitrogens with one attached hydrogen (secondary N) is 2. The van der Waals surface area contributed by atoms with Gasteiger partial charge in [0.2, 0.25) is 11.9 Å². The van der Waals surface area contributed by atoms with Crippen molar-refractivity contribution in [1.82, 2.24) is 10.2 Å². The summed E-state index contributed by atoms with van der Waals surface area (Å²) in [5.41, 5.74) is 1.92. The summed E-state index contributed by atoms with van der Waals surface area (Å²) in [4.78, 5) is 18.0. The number of carbonyl (C=O) groups is 1. The Bertz CT molecular complexity index is 776. The Hall–Kier alpha value is -2.82. The SMILES string of the molecule is CCOc1cccc(C2NC3=C[NH+]=C4C=CC=CC4N3C2=O)c1. The van der Waals surface area contributed by atoms with Gasteiger partial charge in [0.15, 0.2) is 5.82 Å². The second-order valence-corrected chi connectivity index (χ2v) is 5.61. The average Bonchev–Trinajstić information content (AvgIpc) is 2.93. The van der Waals surface area contributed by atoms with Crippen LogP contribution in [0.15, 0.2) is 60.6 Å². The lowest BCUT2D eigenvalue weighted by Gasteiger charge is -2.25. The van der Waals surface area contributed by atoms with Gasteiger partial charge in [-0.25, -0.2) is 4.99 Å². The molecule has 0 aromatic heterocycles. The third kappa shape index (κ3) is 2.25. The van der Waals surface area contributed by atoms with E-state index in [0.29, 0.717) is 6.61 Å². The third-order valence-corrected chi connectivity index (χ3v) is 4.19. The van der Waals surface area contributed by atoms with Crippen LogP contribution in [0.1, 0.15) is 18.5 Å². The first-order chi connectivity index (χ1) is 11.3. The first-order valence-corrected chi connectivity index (χ1v) is 7.78. The molecule has 1 aliphatic carbocycles. The van der Waals surface area contributed by atoms with E-state index in [-0.39, 0.29) is 18.0 Å². The zero-order chi connectivity index (χ0) is 15.8. The minimum absolute atomic E-state index is 0.0499. The molecule has 0 radical (unpaired) electrons. The van der Waals surface area contributed by atoms with Crippen LogP contribution in [-0.4, -0.2) is 29.2 Å². The lowest BCUT2D eigenvalue weighted by Crippen LogP contribution is -2.74. The van der Waals surface area contributed by atoms with E-state index in [1.165, 1.54) is 0 Å². The first-order valence-electron chi connectivity index (χ1n) is 7.78. The molecule has 2 N–H and O–H groups in total. The van der Waals surface area contributed by atoms with Crippen molar-refractivity contribution in [2.75, 3.05) is 6.61 Å². The van der Waals surface area contributed by atoms with Crippen LogP contribution in [0.5, 0.6) is 5.75 Å². The molecule has 23 heavy (non-hydrogen) atoms. The Morgan fingerprint density at radius 2 is 2.26 bits per heavy atom. The monoisotopic (exact) mass is 308 g/mol. The molecule has 4 rings (SSSR count). The van der Waals surface area contributed by atoms with Crippen molar-refractivity contribution in [1.29, 1.82) is 0 Å². The van der Waals surface area contributed by atoms with Gasteiger partial charge in [0.1, 0.15) is 17.8 Å². The Morgan fingerprint density at radius 1 is 1.35 bits per heavy atom. The number of benzene rings is 1. The van der Waals surface area contributed by atoms with Gasteiger partial charge in [-0.3, -0.25) is 9.69 Å². The molecule has 0 saturated carbocycles. The van der Waals surface area contributed by atoms with Gasteiger partial charge < -0.3 is 10.1 Å². The van der Waals surface area contributed by atoms with Gasteiger partial charge in [0, 0.05) is 6.08 Å². The average molecular weight is 308 g/mol. The molecular weight excluding hydrogens is 290 g/mol. The quantitative estimate of drug-likeness (QED) is 0.849. The lowest BCUT2D eigenvalue weighted by atomic mass is 10.0. The van der Waals surface area contributed by atoms with Crippen molar-refractivity contribution < 1.29 is 14.5 Å². The van der Waals surface area contributed by atoms with Crippen molar-refractivity contribution >= 4 is 11.6 Å². The number of ether oxygens (including phenoxy) is 1. The zero-order valence-corrected chi connectivity index (χ0v) is 12.8. The van der Waals surface area contributed by atoms with Gasteiger partial charge in [0.25, 0.3) is 5.91 Å². The smallest absolute Gasteiger partial charge is 0.256 e. The summed E-state index contributed by atoms with van der Waals surface area (Å²) >= 11 is 0. The second kappa shape index (κ2) is 5.43. The number of rotatable bonds is 3. The fourth-order valence-corrected chi connectivity index (χ4v) is 3.15. The highest BCUT2D eigenvalue weighted by Gasteiger charge is 2.45. The Labute approximate surface area is 134 Å². The summed E-state index contributed by atoms with van der Waals surface area (Å²) in [6.07, 6.45) is 9.80. The van der Waals surface area contributed by atoms with E-state index in [9.17, 15) is 4.79 Å². The fourth-order valence-electron chi connectivity index (χ4n) is 3.15. The van der Waals surface area contributed by atoms with Crippen LogP contribution in [0.2, 0.25) is 0 Å². The second-order valence-electron chi connectivity index (χ2n) is 5.61. The first kappa shape index (κ1) is 13.8. The fraction of sp³-hybridized carbons (Fsp3) is 0.222. The molecule has 116 valence electrons. The molecule has 0 spiro atoms. The van der Waals surface area contributed by atoms with Crippen LogP contribution in [0.4, 0.5) is 0 Å². The standard InChI is InChI=1S/C18H17N3O2/c1-2-23-13-7-5-6-12(10-13)17-18(22)21-15-9-4-3-8-14(15)19-11-16(21)20-17/h3-11,15,17,20H,2H2,1H3/p+1. The molecule has 5 heteroatoms. The maximum atomic E-state index is 12.9. The van der Waals surface area contributed by atoms with Crippen molar-refractivity contribution in [2.45, 2.75) is 19.0 Å². The van der Waals surface area contributed by atoms with E-state index < -0.39 is 0 Å². The number of amides is 1. The van der Waals surface area contributed by atoms with Crippen LogP contribution in [0.25, 0.3) is 0 Å². The van der Waals surface area contributed by atoms with Crippen molar-refractivity contribution in [3.8, 4) is 5.75 Å². The molecule has 2 heterocycles. The molecule has 2 aliphatic heterocycles. The summed E-state index contributed by atoms with van der Waals surface area (Å²) < 4.78 is 5.54. The highest BCUT2D eigenvalue weighted by atomic mass is 16.5. The largest absolute Gasteiger partial charge is 0.494 e. The summed E-state index contributed by atoms with van der Waals surface area (Å²) in [6.45, 7) is 2.55. The molecule has 1 fully saturated rings. The van der Waals surface area contributed by atoms with Crippen molar-refractivity contribution in [3.05, 3.63) is 66.2 Å². The van der Waals surface area contributed by atoms with Gasteiger partial charge in [-0.05, 0) is 24.6 Å². The van der Waals surface area contributed by atoms with E-state index in [2.05, 4.69) is 10.3 Å². The molecule has 3 aliphatic rings. The van der Waals surface area contributed by atoms with E-state index >= 15 is 0 Å². The molecule has 1 aromatic rings.